The quantitative estimate of drug-likeness (QED) is 0.458. The monoisotopic (exact) mass is 334 g/mol. The van der Waals surface area contributed by atoms with Crippen LogP contribution in [0.5, 0.6) is 5.75 Å². The Morgan fingerprint density at radius 2 is 2.00 bits per heavy atom. The van der Waals surface area contributed by atoms with E-state index in [4.69, 9.17) is 9.47 Å². The van der Waals surface area contributed by atoms with Crippen molar-refractivity contribution >= 4 is 17.7 Å². The summed E-state index contributed by atoms with van der Waals surface area (Å²) in [5, 5.41) is 0.421. The van der Waals surface area contributed by atoms with Crippen molar-refractivity contribution < 1.29 is 14.3 Å². The number of esters is 1. The van der Waals surface area contributed by atoms with Crippen molar-refractivity contribution in [1.82, 2.24) is 9.55 Å². The Bertz CT molecular complexity index is 744. The topological polar surface area (TPSA) is 70.4 Å². The second-order valence-corrected chi connectivity index (χ2v) is 5.41. The van der Waals surface area contributed by atoms with Crippen LogP contribution in [0.2, 0.25) is 0 Å². The summed E-state index contributed by atoms with van der Waals surface area (Å²) in [4.78, 5) is 28.8. The minimum absolute atomic E-state index is 0.0877. The second kappa shape index (κ2) is 7.82. The number of aromatic nitrogens is 2. The Kier molecular flexibility index (Phi) is 5.81. The van der Waals surface area contributed by atoms with E-state index in [1.54, 1.807) is 20.2 Å². The van der Waals surface area contributed by atoms with Crippen LogP contribution in [0.3, 0.4) is 0 Å². The molecule has 0 amide bonds. The molecule has 122 valence electrons. The van der Waals surface area contributed by atoms with Gasteiger partial charge in [-0.1, -0.05) is 42.1 Å². The summed E-state index contributed by atoms with van der Waals surface area (Å²) in [6.45, 7) is 2.06. The standard InChI is InChI=1S/C16H18N2O4S/c1-4-21-15(20)12-13(14(19)18(2)16(17-12)23-3)22-10-11-8-6-5-7-9-11/h5-9H,4,10H2,1-3H3. The Morgan fingerprint density at radius 3 is 2.61 bits per heavy atom. The summed E-state index contributed by atoms with van der Waals surface area (Å²) < 4.78 is 11.9. The van der Waals surface area contributed by atoms with Crippen molar-refractivity contribution in [3.63, 3.8) is 0 Å². The van der Waals surface area contributed by atoms with E-state index in [1.165, 1.54) is 16.3 Å². The van der Waals surface area contributed by atoms with Crippen LogP contribution in [0.15, 0.2) is 40.3 Å². The molecule has 23 heavy (non-hydrogen) atoms. The van der Waals surface area contributed by atoms with Crippen molar-refractivity contribution in [3.8, 4) is 5.75 Å². The van der Waals surface area contributed by atoms with Crippen molar-refractivity contribution in [3.05, 3.63) is 51.9 Å². The SMILES string of the molecule is CCOC(=O)c1nc(SC)n(C)c(=O)c1OCc1ccccc1. The molecule has 0 unspecified atom stereocenters. The Morgan fingerprint density at radius 1 is 1.30 bits per heavy atom. The van der Waals surface area contributed by atoms with Gasteiger partial charge in [-0.2, -0.15) is 0 Å². The molecule has 7 heteroatoms. The largest absolute Gasteiger partial charge is 0.481 e. The van der Waals surface area contributed by atoms with Crippen LogP contribution in [0.1, 0.15) is 23.0 Å². The first-order valence-electron chi connectivity index (χ1n) is 7.07. The summed E-state index contributed by atoms with van der Waals surface area (Å²) in [5.74, 6) is -0.754. The molecule has 0 atom stereocenters. The summed E-state index contributed by atoms with van der Waals surface area (Å²) in [6, 6.07) is 9.38. The van der Waals surface area contributed by atoms with Crippen LogP contribution in [0.25, 0.3) is 0 Å². The van der Waals surface area contributed by atoms with Crippen molar-refractivity contribution in [2.24, 2.45) is 7.05 Å². The van der Waals surface area contributed by atoms with Gasteiger partial charge in [0.25, 0.3) is 5.56 Å². The zero-order valence-electron chi connectivity index (χ0n) is 13.2. The van der Waals surface area contributed by atoms with Crippen LogP contribution in [0, 0.1) is 0 Å². The molecule has 0 spiro atoms. The average Bonchev–Trinajstić information content (AvgIpc) is 2.57. The molecule has 2 rings (SSSR count). The maximum atomic E-state index is 12.5. The molecular formula is C16H18N2O4S. The number of ether oxygens (including phenoxy) is 2. The number of hydrogen-bond donors (Lipinski definition) is 0. The summed E-state index contributed by atoms with van der Waals surface area (Å²) in [6.07, 6.45) is 1.78. The Labute approximate surface area is 138 Å². The van der Waals surface area contributed by atoms with Gasteiger partial charge in [-0.05, 0) is 18.7 Å². The molecule has 1 aromatic heterocycles. The van der Waals surface area contributed by atoms with Crippen LogP contribution < -0.4 is 10.3 Å². The molecule has 0 aliphatic rings. The normalized spacial score (nSPS) is 10.4. The van der Waals surface area contributed by atoms with E-state index < -0.39 is 11.5 Å². The first-order valence-corrected chi connectivity index (χ1v) is 8.29. The fourth-order valence-corrected chi connectivity index (χ4v) is 2.48. The van der Waals surface area contributed by atoms with E-state index in [9.17, 15) is 9.59 Å². The molecule has 0 aliphatic carbocycles. The lowest BCUT2D eigenvalue weighted by Crippen LogP contribution is -2.26. The molecule has 1 heterocycles. The van der Waals surface area contributed by atoms with Crippen molar-refractivity contribution in [2.75, 3.05) is 12.9 Å². The van der Waals surface area contributed by atoms with Gasteiger partial charge in [-0.25, -0.2) is 9.78 Å². The van der Waals surface area contributed by atoms with Gasteiger partial charge >= 0.3 is 5.97 Å². The third-order valence-corrected chi connectivity index (χ3v) is 3.82. The maximum absolute atomic E-state index is 12.5. The lowest BCUT2D eigenvalue weighted by Gasteiger charge is -2.13. The fraction of sp³-hybridized carbons (Fsp3) is 0.312. The van der Waals surface area contributed by atoms with Crippen molar-refractivity contribution in [2.45, 2.75) is 18.7 Å². The molecule has 0 N–H and O–H groups in total. The average molecular weight is 334 g/mol. The van der Waals surface area contributed by atoms with Gasteiger partial charge in [0.15, 0.2) is 10.9 Å². The van der Waals surface area contributed by atoms with Crippen LogP contribution in [0.4, 0.5) is 0 Å². The van der Waals surface area contributed by atoms with E-state index >= 15 is 0 Å². The van der Waals surface area contributed by atoms with E-state index in [0.29, 0.717) is 5.16 Å². The highest BCUT2D eigenvalue weighted by atomic mass is 32.2. The molecule has 0 saturated heterocycles. The minimum atomic E-state index is -0.663. The first-order chi connectivity index (χ1) is 11.1. The predicted octanol–water partition coefficient (Wildman–Crippen LogP) is 2.26. The highest BCUT2D eigenvalue weighted by Crippen LogP contribution is 2.18. The summed E-state index contributed by atoms with van der Waals surface area (Å²) >= 11 is 1.27. The van der Waals surface area contributed by atoms with E-state index in [-0.39, 0.29) is 24.7 Å². The zero-order valence-corrected chi connectivity index (χ0v) is 14.1. The van der Waals surface area contributed by atoms with Gasteiger partial charge < -0.3 is 9.47 Å². The van der Waals surface area contributed by atoms with Gasteiger partial charge in [0.2, 0.25) is 5.75 Å². The number of rotatable bonds is 6. The number of carbonyl (C=O) groups is 1. The highest BCUT2D eigenvalue weighted by Gasteiger charge is 2.23. The molecule has 0 radical (unpaired) electrons. The number of benzene rings is 1. The van der Waals surface area contributed by atoms with Crippen LogP contribution >= 0.6 is 11.8 Å². The van der Waals surface area contributed by atoms with E-state index in [1.807, 2.05) is 30.3 Å². The van der Waals surface area contributed by atoms with Crippen LogP contribution in [-0.2, 0) is 18.4 Å². The molecule has 2 aromatic rings. The zero-order chi connectivity index (χ0) is 16.8. The third-order valence-electron chi connectivity index (χ3n) is 3.09. The highest BCUT2D eigenvalue weighted by molar-refractivity contribution is 7.98. The van der Waals surface area contributed by atoms with E-state index in [0.717, 1.165) is 5.56 Å². The molecule has 0 bridgehead atoms. The van der Waals surface area contributed by atoms with Gasteiger partial charge in [-0.15, -0.1) is 0 Å². The number of nitrogens with zero attached hydrogens (tertiary/aromatic N) is 2. The number of hydrogen-bond acceptors (Lipinski definition) is 6. The summed E-state index contributed by atoms with van der Waals surface area (Å²) in [7, 11) is 1.59. The molecular weight excluding hydrogens is 316 g/mol. The van der Waals surface area contributed by atoms with Gasteiger partial charge in [-0.3, -0.25) is 9.36 Å². The van der Waals surface area contributed by atoms with Gasteiger partial charge in [0.1, 0.15) is 6.61 Å². The lowest BCUT2D eigenvalue weighted by molar-refractivity contribution is 0.0511. The number of thioether (sulfide) groups is 1. The number of carbonyl (C=O) groups excluding carboxylic acids is 1. The molecule has 0 aliphatic heterocycles. The van der Waals surface area contributed by atoms with Gasteiger partial charge in [0.05, 0.1) is 6.61 Å². The second-order valence-electron chi connectivity index (χ2n) is 4.64. The lowest BCUT2D eigenvalue weighted by atomic mass is 10.2. The van der Waals surface area contributed by atoms with Gasteiger partial charge in [0, 0.05) is 7.05 Å². The molecule has 0 saturated carbocycles. The summed E-state index contributed by atoms with van der Waals surface area (Å²) in [5.41, 5.74) is 0.386. The Balaban J connectivity index is 2.41. The first kappa shape index (κ1) is 17.1. The predicted molar refractivity (Wildman–Crippen MR) is 88.0 cm³/mol. The molecule has 1 aromatic carbocycles. The smallest absolute Gasteiger partial charge is 0.361 e. The Hall–Kier alpha value is -2.28. The molecule has 0 fully saturated rings. The van der Waals surface area contributed by atoms with Crippen molar-refractivity contribution in [1.29, 1.82) is 0 Å². The maximum Gasteiger partial charge on any atom is 0.361 e. The third kappa shape index (κ3) is 3.92. The van der Waals surface area contributed by atoms with Crippen LogP contribution in [-0.4, -0.2) is 28.4 Å². The fourth-order valence-electron chi connectivity index (χ4n) is 1.94. The molecule has 6 nitrogen and oxygen atoms in total. The minimum Gasteiger partial charge on any atom is -0.481 e. The van der Waals surface area contributed by atoms with E-state index in [2.05, 4.69) is 4.98 Å².